The van der Waals surface area contributed by atoms with E-state index < -0.39 is 0 Å². The maximum absolute atomic E-state index is 9.09. The highest BCUT2D eigenvalue weighted by Gasteiger charge is 1.92. The Hall–Kier alpha value is -0.300. The largest absolute Gasteiger partial charge is 0.389 e. The van der Waals surface area contributed by atoms with Gasteiger partial charge in [-0.2, -0.15) is 0 Å². The van der Waals surface area contributed by atoms with Gasteiger partial charge in [-0.1, -0.05) is 32.4 Å². The molecule has 0 aromatic rings. The first-order chi connectivity index (χ1) is 4.31. The van der Waals surface area contributed by atoms with Crippen molar-refractivity contribution in [3.8, 4) is 0 Å². The van der Waals surface area contributed by atoms with E-state index in [0.717, 1.165) is 19.3 Å². The number of hydrogen-bond acceptors (Lipinski definition) is 1. The molecule has 0 fully saturated rings. The topological polar surface area (TPSA) is 20.2 Å². The normalized spacial score (nSPS) is 14.6. The predicted octanol–water partition coefficient (Wildman–Crippen LogP) is 2.11. The molecule has 1 N–H and O–H groups in total. The molecule has 1 atom stereocenters. The number of aliphatic hydroxyl groups is 1. The van der Waals surface area contributed by atoms with E-state index in [1.165, 1.54) is 0 Å². The highest BCUT2D eigenvalue weighted by atomic mass is 16.3. The van der Waals surface area contributed by atoms with Crippen LogP contribution in [0.5, 0.6) is 0 Å². The van der Waals surface area contributed by atoms with Gasteiger partial charge in [-0.3, -0.25) is 0 Å². The van der Waals surface area contributed by atoms with Crippen LogP contribution in [-0.4, -0.2) is 11.2 Å². The molecule has 54 valence electrons. The lowest BCUT2D eigenvalue weighted by Crippen LogP contribution is -1.99. The Labute approximate surface area is 57.4 Å². The molecule has 0 spiro atoms. The van der Waals surface area contributed by atoms with Crippen LogP contribution in [0.4, 0.5) is 0 Å². The molecule has 0 aromatic carbocycles. The van der Waals surface area contributed by atoms with Crippen molar-refractivity contribution < 1.29 is 5.11 Å². The Morgan fingerprint density at radius 2 is 2.11 bits per heavy atom. The highest BCUT2D eigenvalue weighted by molar-refractivity contribution is 4.86. The summed E-state index contributed by atoms with van der Waals surface area (Å²) in [5.74, 6) is 0. The fraction of sp³-hybridized carbons (Fsp3) is 0.750. The molecule has 1 heteroatoms. The summed E-state index contributed by atoms with van der Waals surface area (Å²) in [6, 6.07) is 0. The monoisotopic (exact) mass is 128 g/mol. The average molecular weight is 128 g/mol. The minimum absolute atomic E-state index is 0.213. The van der Waals surface area contributed by atoms with Crippen molar-refractivity contribution >= 4 is 0 Å². The Morgan fingerprint density at radius 1 is 1.44 bits per heavy atom. The SMILES string of the molecule is CC/C=C\C(O)CCC. The highest BCUT2D eigenvalue weighted by Crippen LogP contribution is 1.97. The third kappa shape index (κ3) is 5.57. The molecule has 0 saturated carbocycles. The molecule has 9 heavy (non-hydrogen) atoms. The summed E-state index contributed by atoms with van der Waals surface area (Å²) in [4.78, 5) is 0. The summed E-state index contributed by atoms with van der Waals surface area (Å²) in [7, 11) is 0. The second-order valence-corrected chi connectivity index (χ2v) is 2.19. The minimum atomic E-state index is -0.213. The zero-order valence-corrected chi connectivity index (χ0v) is 6.30. The second kappa shape index (κ2) is 5.83. The van der Waals surface area contributed by atoms with Crippen LogP contribution in [0.15, 0.2) is 12.2 Å². The fourth-order valence-corrected chi connectivity index (χ4v) is 0.685. The van der Waals surface area contributed by atoms with Gasteiger partial charge in [0, 0.05) is 0 Å². The van der Waals surface area contributed by atoms with Crippen LogP contribution in [0.25, 0.3) is 0 Å². The molecule has 0 aliphatic heterocycles. The van der Waals surface area contributed by atoms with Crippen LogP contribution >= 0.6 is 0 Å². The number of allylic oxidation sites excluding steroid dienone is 1. The smallest absolute Gasteiger partial charge is 0.0720 e. The molecule has 0 rings (SSSR count). The van der Waals surface area contributed by atoms with Gasteiger partial charge >= 0.3 is 0 Å². The summed E-state index contributed by atoms with van der Waals surface area (Å²) in [5.41, 5.74) is 0. The van der Waals surface area contributed by atoms with Crippen molar-refractivity contribution in [1.29, 1.82) is 0 Å². The standard InChI is InChI=1S/C8H16O/c1-3-5-7-8(9)6-4-2/h5,7-9H,3-4,6H2,1-2H3/b7-5-. The number of rotatable bonds is 4. The second-order valence-electron chi connectivity index (χ2n) is 2.19. The summed E-state index contributed by atoms with van der Waals surface area (Å²) < 4.78 is 0. The minimum Gasteiger partial charge on any atom is -0.389 e. The molecule has 0 aliphatic rings. The van der Waals surface area contributed by atoms with E-state index in [1.54, 1.807) is 0 Å². The molecule has 0 saturated heterocycles. The van der Waals surface area contributed by atoms with Gasteiger partial charge in [-0.15, -0.1) is 0 Å². The zero-order chi connectivity index (χ0) is 7.11. The predicted molar refractivity (Wildman–Crippen MR) is 40.3 cm³/mol. The van der Waals surface area contributed by atoms with Gasteiger partial charge < -0.3 is 5.11 Å². The fourth-order valence-electron chi connectivity index (χ4n) is 0.685. The van der Waals surface area contributed by atoms with Gasteiger partial charge in [0.25, 0.3) is 0 Å². The van der Waals surface area contributed by atoms with Crippen molar-refractivity contribution in [2.24, 2.45) is 0 Å². The maximum atomic E-state index is 9.09. The lowest BCUT2D eigenvalue weighted by atomic mass is 10.2. The molecule has 0 amide bonds. The van der Waals surface area contributed by atoms with Crippen LogP contribution in [0.2, 0.25) is 0 Å². The van der Waals surface area contributed by atoms with Crippen molar-refractivity contribution in [1.82, 2.24) is 0 Å². The third-order valence-corrected chi connectivity index (χ3v) is 1.18. The van der Waals surface area contributed by atoms with Crippen LogP contribution in [-0.2, 0) is 0 Å². The molecule has 0 aliphatic carbocycles. The van der Waals surface area contributed by atoms with E-state index in [2.05, 4.69) is 13.8 Å². The first kappa shape index (κ1) is 8.70. The third-order valence-electron chi connectivity index (χ3n) is 1.18. The Bertz CT molecular complexity index is 76.6. The van der Waals surface area contributed by atoms with E-state index in [4.69, 9.17) is 5.11 Å². The number of hydrogen-bond donors (Lipinski definition) is 1. The van der Waals surface area contributed by atoms with Gasteiger partial charge in [-0.25, -0.2) is 0 Å². The molecule has 0 radical (unpaired) electrons. The van der Waals surface area contributed by atoms with Gasteiger partial charge in [0.15, 0.2) is 0 Å². The van der Waals surface area contributed by atoms with Crippen LogP contribution in [0.3, 0.4) is 0 Å². The van der Waals surface area contributed by atoms with Crippen LogP contribution in [0, 0.1) is 0 Å². The lowest BCUT2D eigenvalue weighted by Gasteiger charge is -1.99. The molecule has 1 unspecified atom stereocenters. The van der Waals surface area contributed by atoms with Crippen molar-refractivity contribution in [2.75, 3.05) is 0 Å². The van der Waals surface area contributed by atoms with Crippen molar-refractivity contribution in [2.45, 2.75) is 39.2 Å². The molecule has 1 nitrogen and oxygen atoms in total. The molecule has 0 bridgehead atoms. The lowest BCUT2D eigenvalue weighted by molar-refractivity contribution is 0.211. The number of aliphatic hydroxyl groups excluding tert-OH is 1. The van der Waals surface area contributed by atoms with Crippen LogP contribution < -0.4 is 0 Å². The van der Waals surface area contributed by atoms with Gasteiger partial charge in [-0.05, 0) is 12.8 Å². The summed E-state index contributed by atoms with van der Waals surface area (Å²) in [5, 5.41) is 9.09. The maximum Gasteiger partial charge on any atom is 0.0720 e. The first-order valence-electron chi connectivity index (χ1n) is 3.66. The molecule has 0 aromatic heterocycles. The molecular weight excluding hydrogens is 112 g/mol. The quantitative estimate of drug-likeness (QED) is 0.575. The summed E-state index contributed by atoms with van der Waals surface area (Å²) in [6.07, 6.45) is 6.60. The molecular formula is C8H16O. The van der Waals surface area contributed by atoms with Gasteiger partial charge in [0.1, 0.15) is 0 Å². The van der Waals surface area contributed by atoms with E-state index in [9.17, 15) is 0 Å². The van der Waals surface area contributed by atoms with E-state index >= 15 is 0 Å². The Kier molecular flexibility index (Phi) is 5.64. The van der Waals surface area contributed by atoms with Crippen molar-refractivity contribution in [3.05, 3.63) is 12.2 Å². The van der Waals surface area contributed by atoms with E-state index in [1.807, 2.05) is 12.2 Å². The van der Waals surface area contributed by atoms with Gasteiger partial charge in [0.05, 0.1) is 6.10 Å². The average Bonchev–Trinajstić information content (AvgIpc) is 1.85. The zero-order valence-electron chi connectivity index (χ0n) is 6.30. The van der Waals surface area contributed by atoms with Gasteiger partial charge in [0.2, 0.25) is 0 Å². The first-order valence-corrected chi connectivity index (χ1v) is 3.66. The Morgan fingerprint density at radius 3 is 2.56 bits per heavy atom. The molecule has 0 heterocycles. The van der Waals surface area contributed by atoms with E-state index in [-0.39, 0.29) is 6.10 Å². The van der Waals surface area contributed by atoms with E-state index in [0.29, 0.717) is 0 Å². The summed E-state index contributed by atoms with van der Waals surface area (Å²) >= 11 is 0. The van der Waals surface area contributed by atoms with Crippen molar-refractivity contribution in [3.63, 3.8) is 0 Å². The van der Waals surface area contributed by atoms with Crippen LogP contribution in [0.1, 0.15) is 33.1 Å². The summed E-state index contributed by atoms with van der Waals surface area (Å²) in [6.45, 7) is 4.14. The Balaban J connectivity index is 3.25.